The molecule has 0 spiro atoms. The second-order valence-corrected chi connectivity index (χ2v) is 7.61. The number of nitrogens with zero attached hydrogens (tertiary/aromatic N) is 2. The second kappa shape index (κ2) is 6.78. The molecule has 0 bridgehead atoms. The van der Waals surface area contributed by atoms with E-state index in [2.05, 4.69) is 47.1 Å². The first kappa shape index (κ1) is 15.4. The molecule has 0 radical (unpaired) electrons. The molecule has 1 aromatic carbocycles. The molecule has 0 aromatic heterocycles. The normalized spacial score (nSPS) is 28.3. The molecule has 2 fully saturated rings. The van der Waals surface area contributed by atoms with Crippen molar-refractivity contribution in [1.82, 2.24) is 9.80 Å². The van der Waals surface area contributed by atoms with Crippen molar-refractivity contribution in [2.75, 3.05) is 39.3 Å². The van der Waals surface area contributed by atoms with Gasteiger partial charge in [0.25, 0.3) is 0 Å². The minimum absolute atomic E-state index is 0.783. The molecule has 2 nitrogen and oxygen atoms in total. The number of hydrogen-bond donors (Lipinski definition) is 0. The van der Waals surface area contributed by atoms with Gasteiger partial charge < -0.3 is 9.80 Å². The van der Waals surface area contributed by atoms with Gasteiger partial charge in [0.1, 0.15) is 0 Å². The average Bonchev–Trinajstić information content (AvgIpc) is 3.30. The first-order valence-corrected chi connectivity index (χ1v) is 9.57. The third kappa shape index (κ3) is 3.25. The van der Waals surface area contributed by atoms with E-state index < -0.39 is 0 Å². The number of hydrogen-bond acceptors (Lipinski definition) is 2. The summed E-state index contributed by atoms with van der Waals surface area (Å²) in [4.78, 5) is 5.22. The zero-order valence-electron chi connectivity index (χ0n) is 14.5. The van der Waals surface area contributed by atoms with Gasteiger partial charge in [-0.25, -0.2) is 0 Å². The van der Waals surface area contributed by atoms with Crippen LogP contribution in [0, 0.1) is 11.8 Å². The highest BCUT2D eigenvalue weighted by atomic mass is 15.1. The van der Waals surface area contributed by atoms with E-state index in [9.17, 15) is 0 Å². The topological polar surface area (TPSA) is 6.48 Å². The molecule has 23 heavy (non-hydrogen) atoms. The summed E-state index contributed by atoms with van der Waals surface area (Å²) < 4.78 is 0. The Morgan fingerprint density at radius 2 is 1.78 bits per heavy atom. The van der Waals surface area contributed by atoms with E-state index in [4.69, 9.17) is 0 Å². The van der Waals surface area contributed by atoms with E-state index in [-0.39, 0.29) is 0 Å². The van der Waals surface area contributed by atoms with Crippen molar-refractivity contribution in [2.24, 2.45) is 11.8 Å². The third-order valence-electron chi connectivity index (χ3n) is 6.21. The van der Waals surface area contributed by atoms with Crippen LogP contribution in [0.5, 0.6) is 0 Å². The molecule has 2 heteroatoms. The molecule has 2 unspecified atom stereocenters. The Balaban J connectivity index is 1.38. The molecule has 2 atom stereocenters. The summed E-state index contributed by atoms with van der Waals surface area (Å²) in [5.74, 6) is 1.66. The number of rotatable bonds is 5. The summed E-state index contributed by atoms with van der Waals surface area (Å²) in [7, 11) is 0. The molecule has 4 rings (SSSR count). The van der Waals surface area contributed by atoms with Crippen LogP contribution < -0.4 is 0 Å². The highest BCUT2D eigenvalue weighted by Gasteiger charge is 2.37. The number of allylic oxidation sites excluding steroid dienone is 1. The zero-order valence-corrected chi connectivity index (χ0v) is 14.5. The minimum Gasteiger partial charge on any atom is -0.303 e. The van der Waals surface area contributed by atoms with Crippen molar-refractivity contribution in [3.63, 3.8) is 0 Å². The van der Waals surface area contributed by atoms with Crippen LogP contribution in [-0.4, -0.2) is 49.1 Å². The van der Waals surface area contributed by atoms with E-state index in [0.29, 0.717) is 0 Å². The van der Waals surface area contributed by atoms with Gasteiger partial charge in [0, 0.05) is 25.6 Å². The lowest BCUT2D eigenvalue weighted by atomic mass is 9.90. The minimum atomic E-state index is 0.783. The van der Waals surface area contributed by atoms with Crippen molar-refractivity contribution < 1.29 is 0 Å². The van der Waals surface area contributed by atoms with E-state index in [1.165, 1.54) is 76.1 Å². The van der Waals surface area contributed by atoms with Crippen molar-refractivity contribution >= 4 is 5.57 Å². The summed E-state index contributed by atoms with van der Waals surface area (Å²) in [5.41, 5.74) is 4.59. The fourth-order valence-corrected chi connectivity index (χ4v) is 4.73. The van der Waals surface area contributed by atoms with Crippen LogP contribution in [0.2, 0.25) is 0 Å². The molecule has 124 valence electrons. The molecular weight excluding hydrogens is 280 g/mol. The van der Waals surface area contributed by atoms with Crippen LogP contribution in [-0.2, 0) is 6.42 Å². The molecule has 0 amide bonds. The first-order chi connectivity index (χ1) is 11.3. The van der Waals surface area contributed by atoms with E-state index in [1.54, 1.807) is 5.57 Å². The summed E-state index contributed by atoms with van der Waals surface area (Å²) in [6.07, 6.45) is 7.79. The predicted molar refractivity (Wildman–Crippen MR) is 97.5 cm³/mol. The van der Waals surface area contributed by atoms with Crippen molar-refractivity contribution in [3.8, 4) is 0 Å². The summed E-state index contributed by atoms with van der Waals surface area (Å²) in [6, 6.07) is 9.49. The number of fused-ring (bicyclic) bond motifs is 1. The lowest BCUT2D eigenvalue weighted by molar-refractivity contribution is 0.341. The van der Waals surface area contributed by atoms with Crippen molar-refractivity contribution in [3.05, 3.63) is 41.5 Å². The Morgan fingerprint density at radius 1 is 1.00 bits per heavy atom. The first-order valence-electron chi connectivity index (χ1n) is 9.57. The Hall–Kier alpha value is -1.12. The summed E-state index contributed by atoms with van der Waals surface area (Å²) in [6.45, 7) is 9.91. The monoisotopic (exact) mass is 310 g/mol. The van der Waals surface area contributed by atoms with Gasteiger partial charge in [0.15, 0.2) is 0 Å². The fourth-order valence-electron chi connectivity index (χ4n) is 4.73. The molecule has 0 N–H and O–H groups in total. The van der Waals surface area contributed by atoms with Gasteiger partial charge in [-0.15, -0.1) is 0 Å². The van der Waals surface area contributed by atoms with Crippen LogP contribution in [0.1, 0.15) is 37.3 Å². The van der Waals surface area contributed by atoms with Gasteiger partial charge >= 0.3 is 0 Å². The van der Waals surface area contributed by atoms with Gasteiger partial charge in [-0.2, -0.15) is 0 Å². The van der Waals surface area contributed by atoms with Crippen LogP contribution in [0.4, 0.5) is 0 Å². The molecule has 0 saturated carbocycles. The lowest BCUT2D eigenvalue weighted by Gasteiger charge is -2.16. The molecule has 2 saturated heterocycles. The van der Waals surface area contributed by atoms with E-state index in [0.717, 1.165) is 11.8 Å². The van der Waals surface area contributed by atoms with E-state index in [1.807, 2.05) is 0 Å². The molecule has 1 aliphatic carbocycles. The van der Waals surface area contributed by atoms with Crippen LogP contribution in [0.3, 0.4) is 0 Å². The third-order valence-corrected chi connectivity index (χ3v) is 6.21. The van der Waals surface area contributed by atoms with Crippen LogP contribution >= 0.6 is 0 Å². The zero-order chi connectivity index (χ0) is 15.6. The standard InChI is InChI=1S/C21H30N2/c1-2-22-15-19-9-10-20(21(19)16-22)18-7-5-17(6-8-18)11-14-23-12-3-4-13-23/h5-8,10,19,21H,2-4,9,11-16H2,1H3. The summed E-state index contributed by atoms with van der Waals surface area (Å²) in [5, 5.41) is 0. The Morgan fingerprint density at radius 3 is 2.52 bits per heavy atom. The second-order valence-electron chi connectivity index (χ2n) is 7.61. The number of benzene rings is 1. The number of likely N-dealkylation sites (tertiary alicyclic amines) is 2. The Labute approximate surface area is 141 Å². The van der Waals surface area contributed by atoms with Gasteiger partial charge in [0.05, 0.1) is 0 Å². The van der Waals surface area contributed by atoms with Gasteiger partial charge in [-0.3, -0.25) is 0 Å². The summed E-state index contributed by atoms with van der Waals surface area (Å²) >= 11 is 0. The van der Waals surface area contributed by atoms with E-state index >= 15 is 0 Å². The highest BCUT2D eigenvalue weighted by molar-refractivity contribution is 5.70. The van der Waals surface area contributed by atoms with Crippen LogP contribution in [0.15, 0.2) is 30.3 Å². The largest absolute Gasteiger partial charge is 0.303 e. The quantitative estimate of drug-likeness (QED) is 0.818. The highest BCUT2D eigenvalue weighted by Crippen LogP contribution is 2.42. The van der Waals surface area contributed by atoms with Crippen molar-refractivity contribution in [2.45, 2.75) is 32.6 Å². The van der Waals surface area contributed by atoms with Gasteiger partial charge in [-0.1, -0.05) is 37.3 Å². The fraction of sp³-hybridized carbons (Fsp3) is 0.619. The Bertz CT molecular complexity index is 554. The Kier molecular flexibility index (Phi) is 4.54. The maximum Gasteiger partial charge on any atom is 0.00536 e. The smallest absolute Gasteiger partial charge is 0.00536 e. The van der Waals surface area contributed by atoms with Crippen LogP contribution in [0.25, 0.3) is 5.57 Å². The molecular formula is C21H30N2. The predicted octanol–water partition coefficient (Wildman–Crippen LogP) is 3.68. The average molecular weight is 310 g/mol. The SMILES string of the molecule is CCN1CC2CC=C(c3ccc(CCN4CCCC4)cc3)C2C1. The molecule has 3 aliphatic rings. The molecule has 2 heterocycles. The van der Waals surface area contributed by atoms with Gasteiger partial charge in [0.2, 0.25) is 0 Å². The molecule has 2 aliphatic heterocycles. The molecule has 1 aromatic rings. The maximum atomic E-state index is 2.62. The lowest BCUT2D eigenvalue weighted by Crippen LogP contribution is -2.21. The van der Waals surface area contributed by atoms with Gasteiger partial charge in [-0.05, 0) is 67.9 Å². The van der Waals surface area contributed by atoms with Crippen molar-refractivity contribution in [1.29, 1.82) is 0 Å². The maximum absolute atomic E-state index is 2.62.